The van der Waals surface area contributed by atoms with Gasteiger partial charge in [0.2, 0.25) is 5.91 Å². The van der Waals surface area contributed by atoms with E-state index in [2.05, 4.69) is 30.8 Å². The first-order chi connectivity index (χ1) is 14.4. The van der Waals surface area contributed by atoms with Gasteiger partial charge in [0.25, 0.3) is 5.91 Å². The van der Waals surface area contributed by atoms with Crippen molar-refractivity contribution in [3.05, 3.63) is 54.4 Å². The van der Waals surface area contributed by atoms with Crippen molar-refractivity contribution in [2.24, 2.45) is 10.7 Å². The molecule has 2 heterocycles. The molecule has 0 aliphatic carbocycles. The molecule has 1 aromatic heterocycles. The third-order valence-corrected chi connectivity index (χ3v) is 5.35. The number of aromatic nitrogens is 1. The Morgan fingerprint density at radius 2 is 1.93 bits per heavy atom. The number of hydrogen-bond donors (Lipinski definition) is 4. The Labute approximate surface area is 179 Å². The highest BCUT2D eigenvalue weighted by atomic mass is 32.2. The minimum absolute atomic E-state index is 0.295. The van der Waals surface area contributed by atoms with Gasteiger partial charge in [0.05, 0.1) is 11.9 Å². The second kappa shape index (κ2) is 10.1. The quantitative estimate of drug-likeness (QED) is 0.499. The third kappa shape index (κ3) is 5.94. The van der Waals surface area contributed by atoms with Gasteiger partial charge < -0.3 is 26.6 Å². The minimum atomic E-state index is -0.856. The number of rotatable bonds is 8. The average Bonchev–Trinajstić information content (AvgIpc) is 3.11. The first kappa shape index (κ1) is 21.6. The minimum Gasteiger partial charge on any atom is -0.384 e. The van der Waals surface area contributed by atoms with Crippen molar-refractivity contribution in [3.8, 4) is 0 Å². The van der Waals surface area contributed by atoms with Crippen LogP contribution in [0.1, 0.15) is 10.4 Å². The number of nitrogens with one attached hydrogen (secondary N) is 3. The van der Waals surface area contributed by atoms with E-state index in [0.29, 0.717) is 10.7 Å². The fraction of sp³-hybridized carbons (Fsp3) is 0.300. The number of likely N-dealkylation sites (N-methyl/N-ethyl adjacent to an activating group) is 1. The van der Waals surface area contributed by atoms with Crippen LogP contribution in [0.4, 0.5) is 11.4 Å². The summed E-state index contributed by atoms with van der Waals surface area (Å²) in [6.45, 7) is 1.71. The van der Waals surface area contributed by atoms with Crippen LogP contribution in [0.3, 0.4) is 0 Å². The van der Waals surface area contributed by atoms with Gasteiger partial charge in [-0.2, -0.15) is 0 Å². The molecule has 2 atom stereocenters. The fourth-order valence-corrected chi connectivity index (χ4v) is 3.81. The topological polar surface area (TPSA) is 125 Å². The van der Waals surface area contributed by atoms with Gasteiger partial charge in [0.15, 0.2) is 11.2 Å². The van der Waals surface area contributed by atoms with Crippen LogP contribution in [0.5, 0.6) is 0 Å². The highest BCUT2D eigenvalue weighted by Gasteiger charge is 2.35. The molecule has 3 rings (SSSR count). The molecule has 0 saturated heterocycles. The predicted molar refractivity (Wildman–Crippen MR) is 121 cm³/mol. The van der Waals surface area contributed by atoms with Gasteiger partial charge in [-0.25, -0.2) is 4.99 Å². The van der Waals surface area contributed by atoms with Gasteiger partial charge >= 0.3 is 0 Å². The van der Waals surface area contributed by atoms with Gasteiger partial charge in [0.1, 0.15) is 5.37 Å². The molecule has 10 heteroatoms. The summed E-state index contributed by atoms with van der Waals surface area (Å²) >= 11 is 1.24. The standard InChI is InChI=1S/C20H25N7O2S/c1-27(2)11-10-23-14-7-5-13(6-8-14)18(29)26-19-16(17(21)28)25-20(30-19)24-15-4-3-9-22-12-15/h3-9,12,16,19,23H,10-11H2,1-2H3,(H2,21,28)(H,24,25)(H,26,29). The molecule has 1 aromatic carbocycles. The number of carbonyl (C=O) groups is 2. The summed E-state index contributed by atoms with van der Waals surface area (Å²) in [5, 5.41) is 9.13. The maximum Gasteiger partial charge on any atom is 0.252 e. The van der Waals surface area contributed by atoms with Crippen LogP contribution in [-0.2, 0) is 4.79 Å². The molecule has 5 N–H and O–H groups in total. The van der Waals surface area contributed by atoms with E-state index < -0.39 is 17.3 Å². The molecule has 0 spiro atoms. The largest absolute Gasteiger partial charge is 0.384 e. The summed E-state index contributed by atoms with van der Waals surface area (Å²) in [7, 11) is 4.02. The lowest BCUT2D eigenvalue weighted by molar-refractivity contribution is -0.119. The van der Waals surface area contributed by atoms with Crippen molar-refractivity contribution in [2.75, 3.05) is 37.8 Å². The Bertz CT molecular complexity index is 903. The van der Waals surface area contributed by atoms with Crippen LogP contribution in [0, 0.1) is 0 Å². The van der Waals surface area contributed by atoms with Crippen LogP contribution < -0.4 is 21.7 Å². The van der Waals surface area contributed by atoms with Gasteiger partial charge in [-0.1, -0.05) is 11.8 Å². The van der Waals surface area contributed by atoms with Crippen LogP contribution in [-0.4, -0.2) is 65.5 Å². The van der Waals surface area contributed by atoms with E-state index in [4.69, 9.17) is 5.73 Å². The second-order valence-electron chi connectivity index (χ2n) is 6.97. The van der Waals surface area contributed by atoms with Gasteiger partial charge in [-0.15, -0.1) is 0 Å². The van der Waals surface area contributed by atoms with Crippen LogP contribution >= 0.6 is 11.8 Å². The number of carbonyl (C=O) groups excluding carboxylic acids is 2. The van der Waals surface area contributed by atoms with E-state index in [0.717, 1.165) is 24.5 Å². The number of primary amides is 1. The average molecular weight is 428 g/mol. The first-order valence-electron chi connectivity index (χ1n) is 9.43. The number of pyridine rings is 1. The van der Waals surface area contributed by atoms with Crippen molar-refractivity contribution < 1.29 is 9.59 Å². The first-order valence-corrected chi connectivity index (χ1v) is 10.3. The van der Waals surface area contributed by atoms with E-state index in [1.54, 1.807) is 30.6 Å². The fourth-order valence-electron chi connectivity index (χ4n) is 2.73. The summed E-state index contributed by atoms with van der Waals surface area (Å²) in [4.78, 5) is 34.9. The van der Waals surface area contributed by atoms with Crippen molar-refractivity contribution in [2.45, 2.75) is 11.4 Å². The molecular formula is C20H25N7O2S. The van der Waals surface area contributed by atoms with Crippen molar-refractivity contribution in [1.29, 1.82) is 0 Å². The Morgan fingerprint density at radius 1 is 1.17 bits per heavy atom. The van der Waals surface area contributed by atoms with Crippen molar-refractivity contribution >= 4 is 40.1 Å². The van der Waals surface area contributed by atoms with E-state index in [1.165, 1.54) is 11.8 Å². The molecule has 9 nitrogen and oxygen atoms in total. The third-order valence-electron chi connectivity index (χ3n) is 4.29. The molecule has 2 aromatic rings. The Morgan fingerprint density at radius 3 is 2.57 bits per heavy atom. The second-order valence-corrected chi connectivity index (χ2v) is 8.10. The number of thioether (sulfide) groups is 1. The van der Waals surface area contributed by atoms with Crippen molar-refractivity contribution in [3.63, 3.8) is 0 Å². The van der Waals surface area contributed by atoms with E-state index >= 15 is 0 Å². The Kier molecular flexibility index (Phi) is 7.26. The molecule has 0 fully saturated rings. The monoisotopic (exact) mass is 427 g/mol. The van der Waals surface area contributed by atoms with E-state index in [1.807, 2.05) is 32.3 Å². The van der Waals surface area contributed by atoms with Crippen LogP contribution in [0.25, 0.3) is 0 Å². The van der Waals surface area contributed by atoms with Crippen LogP contribution in [0.15, 0.2) is 53.8 Å². The number of nitrogens with two attached hydrogens (primary N) is 1. The molecule has 2 amide bonds. The molecule has 0 radical (unpaired) electrons. The normalized spacial score (nSPS) is 18.0. The zero-order valence-corrected chi connectivity index (χ0v) is 17.6. The molecule has 158 valence electrons. The Balaban J connectivity index is 1.59. The van der Waals surface area contributed by atoms with Gasteiger partial charge in [-0.05, 0) is 50.5 Å². The SMILES string of the molecule is CN(C)CCNc1ccc(C(=O)NC2SC(Nc3cccnc3)=NC2C(N)=O)cc1. The lowest BCUT2D eigenvalue weighted by Crippen LogP contribution is -2.44. The lowest BCUT2D eigenvalue weighted by atomic mass is 10.2. The number of amides is 2. The number of amidine groups is 1. The summed E-state index contributed by atoms with van der Waals surface area (Å²) in [5.74, 6) is -0.896. The molecular weight excluding hydrogens is 402 g/mol. The lowest BCUT2D eigenvalue weighted by Gasteiger charge is -2.16. The Hall–Kier alpha value is -3.11. The highest BCUT2D eigenvalue weighted by molar-refractivity contribution is 8.15. The maximum absolute atomic E-state index is 12.7. The smallest absolute Gasteiger partial charge is 0.252 e. The molecule has 30 heavy (non-hydrogen) atoms. The molecule has 1 aliphatic rings. The summed E-state index contributed by atoms with van der Waals surface area (Å²) in [6.07, 6.45) is 3.30. The van der Waals surface area contributed by atoms with E-state index in [9.17, 15) is 9.59 Å². The van der Waals surface area contributed by atoms with Crippen LogP contribution in [0.2, 0.25) is 0 Å². The number of hydrogen-bond acceptors (Lipinski definition) is 8. The maximum atomic E-state index is 12.7. The molecule has 1 aliphatic heterocycles. The summed E-state index contributed by atoms with van der Waals surface area (Å²) in [6, 6.07) is 9.93. The number of nitrogens with zero attached hydrogens (tertiary/aromatic N) is 3. The summed E-state index contributed by atoms with van der Waals surface area (Å²) < 4.78 is 0. The number of anilines is 2. The molecule has 2 unspecified atom stereocenters. The number of benzene rings is 1. The van der Waals surface area contributed by atoms with E-state index in [-0.39, 0.29) is 5.91 Å². The highest BCUT2D eigenvalue weighted by Crippen LogP contribution is 2.26. The van der Waals surface area contributed by atoms with Gasteiger partial charge in [-0.3, -0.25) is 14.6 Å². The molecule has 0 bridgehead atoms. The van der Waals surface area contributed by atoms with Crippen molar-refractivity contribution in [1.82, 2.24) is 15.2 Å². The molecule has 0 saturated carbocycles. The number of aliphatic imine (C=N–C) groups is 1. The predicted octanol–water partition coefficient (Wildman–Crippen LogP) is 1.18. The zero-order valence-electron chi connectivity index (χ0n) is 16.8. The van der Waals surface area contributed by atoms with Gasteiger partial charge in [0, 0.05) is 30.5 Å². The zero-order chi connectivity index (χ0) is 21.5. The summed E-state index contributed by atoms with van der Waals surface area (Å²) in [5.41, 5.74) is 7.64.